The minimum Gasteiger partial charge on any atom is -0.310 e. The molecule has 0 atom stereocenters. The Bertz CT molecular complexity index is 357. The van der Waals surface area contributed by atoms with Crippen LogP contribution in [0.4, 0.5) is 0 Å². The van der Waals surface area contributed by atoms with E-state index in [-0.39, 0.29) is 5.69 Å². The van der Waals surface area contributed by atoms with Gasteiger partial charge in [-0.2, -0.15) is 4.98 Å². The zero-order valence-electron chi connectivity index (χ0n) is 6.29. The maximum Gasteiger partial charge on any atom is 0.345 e. The molecule has 0 saturated carbocycles. The molecule has 0 saturated heterocycles. The van der Waals surface area contributed by atoms with Crippen LogP contribution in [0.5, 0.6) is 0 Å². The van der Waals surface area contributed by atoms with E-state index < -0.39 is 11.6 Å². The molecule has 0 radical (unpaired) electrons. The van der Waals surface area contributed by atoms with Crippen LogP contribution in [0.2, 0.25) is 0 Å². The number of H-pyrrole nitrogens is 1. The van der Waals surface area contributed by atoms with Gasteiger partial charge in [0.25, 0.3) is 5.91 Å². The van der Waals surface area contributed by atoms with Gasteiger partial charge in [-0.1, -0.05) is 0 Å². The van der Waals surface area contributed by atoms with Crippen molar-refractivity contribution in [2.24, 2.45) is 0 Å². The molecule has 0 bridgehead atoms. The van der Waals surface area contributed by atoms with Crippen LogP contribution in [0, 0.1) is 6.92 Å². The average Bonchev–Trinajstić information content (AvgIpc) is 2.01. The number of carbonyl (C=O) groups excluding carboxylic acids is 1. The lowest BCUT2D eigenvalue weighted by molar-refractivity contribution is 0.0700. The van der Waals surface area contributed by atoms with Gasteiger partial charge in [-0.15, -0.1) is 0 Å². The van der Waals surface area contributed by atoms with Crippen LogP contribution >= 0.6 is 0 Å². The Morgan fingerprint density at radius 2 is 2.42 bits per heavy atom. The minimum atomic E-state index is -0.802. The molecule has 6 nitrogen and oxygen atoms in total. The van der Waals surface area contributed by atoms with Gasteiger partial charge in [0.1, 0.15) is 5.69 Å². The van der Waals surface area contributed by atoms with Gasteiger partial charge in [0.15, 0.2) is 0 Å². The van der Waals surface area contributed by atoms with Crippen LogP contribution in [0.25, 0.3) is 0 Å². The van der Waals surface area contributed by atoms with E-state index in [2.05, 4.69) is 9.97 Å². The molecule has 0 aromatic carbocycles. The normalized spacial score (nSPS) is 9.50. The molecule has 0 aliphatic heterocycles. The number of aromatic nitrogens is 2. The number of aryl methyl sites for hydroxylation is 1. The Kier molecular flexibility index (Phi) is 2.20. The van der Waals surface area contributed by atoms with Gasteiger partial charge in [0.2, 0.25) is 0 Å². The predicted molar refractivity (Wildman–Crippen MR) is 38.8 cm³/mol. The summed E-state index contributed by atoms with van der Waals surface area (Å²) in [6.07, 6.45) is 0. The molecular formula is C6H7N3O3. The van der Waals surface area contributed by atoms with Crippen LogP contribution in [0.15, 0.2) is 10.9 Å². The second kappa shape index (κ2) is 3.14. The summed E-state index contributed by atoms with van der Waals surface area (Å²) in [4.78, 5) is 27.1. The van der Waals surface area contributed by atoms with Gasteiger partial charge in [0.05, 0.1) is 0 Å². The Morgan fingerprint density at radius 1 is 1.75 bits per heavy atom. The van der Waals surface area contributed by atoms with Crippen LogP contribution in [-0.2, 0) is 0 Å². The summed E-state index contributed by atoms with van der Waals surface area (Å²) in [6.45, 7) is 1.61. The van der Waals surface area contributed by atoms with Crippen LogP contribution in [0.1, 0.15) is 16.2 Å². The first-order valence-corrected chi connectivity index (χ1v) is 3.16. The number of nitrogens with zero attached hydrogens (tertiary/aromatic N) is 1. The molecule has 0 unspecified atom stereocenters. The van der Waals surface area contributed by atoms with Gasteiger partial charge >= 0.3 is 5.69 Å². The fraction of sp³-hybridized carbons (Fsp3) is 0.167. The molecule has 1 heterocycles. The number of carbonyl (C=O) groups is 1. The van der Waals surface area contributed by atoms with E-state index in [0.29, 0.717) is 5.69 Å². The number of hydrogen-bond donors (Lipinski definition) is 3. The average molecular weight is 169 g/mol. The van der Waals surface area contributed by atoms with E-state index in [1.165, 1.54) is 11.5 Å². The Hall–Kier alpha value is -1.69. The molecule has 0 aliphatic carbocycles. The van der Waals surface area contributed by atoms with Gasteiger partial charge in [-0.3, -0.25) is 10.0 Å². The Labute approximate surface area is 67.2 Å². The summed E-state index contributed by atoms with van der Waals surface area (Å²) < 4.78 is 0. The minimum absolute atomic E-state index is 0.112. The second-order valence-corrected chi connectivity index (χ2v) is 2.20. The summed E-state index contributed by atoms with van der Waals surface area (Å²) in [6, 6.07) is 1.35. The molecule has 1 rings (SSSR count). The van der Waals surface area contributed by atoms with E-state index in [0.717, 1.165) is 0 Å². The third-order valence-electron chi connectivity index (χ3n) is 1.21. The number of rotatable bonds is 1. The lowest BCUT2D eigenvalue weighted by Gasteiger charge is -1.97. The summed E-state index contributed by atoms with van der Waals surface area (Å²) in [5, 5.41) is 8.22. The van der Waals surface area contributed by atoms with E-state index in [1.54, 1.807) is 6.92 Å². The van der Waals surface area contributed by atoms with Crippen molar-refractivity contribution < 1.29 is 10.0 Å². The maximum absolute atomic E-state index is 10.7. The van der Waals surface area contributed by atoms with E-state index in [4.69, 9.17) is 5.21 Å². The van der Waals surface area contributed by atoms with Gasteiger partial charge < -0.3 is 4.98 Å². The molecule has 1 amide bonds. The second-order valence-electron chi connectivity index (χ2n) is 2.20. The highest BCUT2D eigenvalue weighted by atomic mass is 16.5. The summed E-state index contributed by atoms with van der Waals surface area (Å²) in [5.41, 5.74) is 1.16. The molecule has 0 fully saturated rings. The number of aromatic amines is 1. The third-order valence-corrected chi connectivity index (χ3v) is 1.21. The van der Waals surface area contributed by atoms with Crippen molar-refractivity contribution in [2.75, 3.05) is 0 Å². The molecule has 1 aromatic rings. The first-order chi connectivity index (χ1) is 5.63. The van der Waals surface area contributed by atoms with E-state index in [9.17, 15) is 9.59 Å². The molecule has 0 aliphatic rings. The fourth-order valence-corrected chi connectivity index (χ4v) is 0.753. The SMILES string of the molecule is Cc1cc(C(=O)NO)nc(=O)[nH]1. The molecule has 64 valence electrons. The van der Waals surface area contributed by atoms with Crippen molar-refractivity contribution in [3.05, 3.63) is 27.9 Å². The topological polar surface area (TPSA) is 95.1 Å². The van der Waals surface area contributed by atoms with Crippen molar-refractivity contribution >= 4 is 5.91 Å². The van der Waals surface area contributed by atoms with E-state index in [1.807, 2.05) is 0 Å². The quantitative estimate of drug-likeness (QED) is 0.378. The van der Waals surface area contributed by atoms with Crippen molar-refractivity contribution in [3.63, 3.8) is 0 Å². The van der Waals surface area contributed by atoms with Crippen molar-refractivity contribution in [2.45, 2.75) is 6.92 Å². The van der Waals surface area contributed by atoms with Gasteiger partial charge in [0, 0.05) is 5.69 Å². The lowest BCUT2D eigenvalue weighted by Crippen LogP contribution is -2.24. The van der Waals surface area contributed by atoms with E-state index >= 15 is 0 Å². The first kappa shape index (κ1) is 8.41. The largest absolute Gasteiger partial charge is 0.345 e. The van der Waals surface area contributed by atoms with Crippen LogP contribution < -0.4 is 11.2 Å². The number of amides is 1. The Balaban J connectivity index is 3.17. The van der Waals surface area contributed by atoms with Crippen LogP contribution in [-0.4, -0.2) is 21.1 Å². The zero-order chi connectivity index (χ0) is 9.14. The summed E-state index contributed by atoms with van der Waals surface area (Å²) >= 11 is 0. The third kappa shape index (κ3) is 1.67. The van der Waals surface area contributed by atoms with Gasteiger partial charge in [-0.25, -0.2) is 10.3 Å². The number of hydroxylamine groups is 1. The smallest absolute Gasteiger partial charge is 0.310 e. The monoisotopic (exact) mass is 169 g/mol. The Morgan fingerprint density at radius 3 is 2.92 bits per heavy atom. The van der Waals surface area contributed by atoms with Gasteiger partial charge in [-0.05, 0) is 13.0 Å². The highest BCUT2D eigenvalue weighted by Crippen LogP contribution is 1.92. The molecule has 6 heteroatoms. The molecule has 0 spiro atoms. The summed E-state index contributed by atoms with van der Waals surface area (Å²) in [7, 11) is 0. The molecule has 1 aromatic heterocycles. The highest BCUT2D eigenvalue weighted by Gasteiger charge is 2.06. The van der Waals surface area contributed by atoms with Crippen molar-refractivity contribution in [1.82, 2.24) is 15.4 Å². The standard InChI is InChI=1S/C6H7N3O3/c1-3-2-4(5(10)9-12)8-6(11)7-3/h2,12H,1H3,(H,9,10)(H,7,8,11). The maximum atomic E-state index is 10.7. The predicted octanol–water partition coefficient (Wildman–Crippen LogP) is -0.803. The van der Waals surface area contributed by atoms with Crippen molar-refractivity contribution in [1.29, 1.82) is 0 Å². The molecular weight excluding hydrogens is 162 g/mol. The highest BCUT2D eigenvalue weighted by molar-refractivity contribution is 5.91. The molecule has 3 N–H and O–H groups in total. The first-order valence-electron chi connectivity index (χ1n) is 3.16. The number of nitrogens with one attached hydrogen (secondary N) is 2. The van der Waals surface area contributed by atoms with Crippen LogP contribution in [0.3, 0.4) is 0 Å². The zero-order valence-corrected chi connectivity index (χ0v) is 6.29. The fourth-order valence-electron chi connectivity index (χ4n) is 0.753. The lowest BCUT2D eigenvalue weighted by atomic mass is 10.3. The number of hydrogen-bond acceptors (Lipinski definition) is 4. The van der Waals surface area contributed by atoms with Crippen molar-refractivity contribution in [3.8, 4) is 0 Å². The molecule has 12 heavy (non-hydrogen) atoms. The summed E-state index contributed by atoms with van der Waals surface area (Å²) in [5.74, 6) is -0.802.